The Morgan fingerprint density at radius 1 is 1.10 bits per heavy atom. The topological polar surface area (TPSA) is 21.3 Å². The molecule has 2 rings (SSSR count). The highest BCUT2D eigenvalue weighted by atomic mass is 19.1. The molecule has 1 saturated carbocycles. The van der Waals surface area contributed by atoms with Crippen LogP contribution in [-0.4, -0.2) is 18.8 Å². The van der Waals surface area contributed by atoms with E-state index in [9.17, 15) is 8.78 Å². The van der Waals surface area contributed by atoms with Crippen molar-refractivity contribution in [2.75, 3.05) is 13.2 Å². The third-order valence-electron chi connectivity index (χ3n) is 4.28. The zero-order valence-electron chi connectivity index (χ0n) is 12.9. The van der Waals surface area contributed by atoms with Gasteiger partial charge in [-0.2, -0.15) is 0 Å². The molecule has 1 fully saturated rings. The van der Waals surface area contributed by atoms with Gasteiger partial charge in [-0.1, -0.05) is 26.2 Å². The van der Waals surface area contributed by atoms with E-state index in [1.54, 1.807) is 0 Å². The van der Waals surface area contributed by atoms with E-state index in [1.807, 2.05) is 13.8 Å². The second-order valence-electron chi connectivity index (χ2n) is 5.75. The molecule has 1 aliphatic carbocycles. The molecule has 0 aliphatic heterocycles. The molecule has 1 unspecified atom stereocenters. The highest BCUT2D eigenvalue weighted by molar-refractivity contribution is 5.25. The number of benzene rings is 1. The number of nitrogens with one attached hydrogen (secondary N) is 1. The summed E-state index contributed by atoms with van der Waals surface area (Å²) in [5.41, 5.74) is 0.285. The molecule has 0 saturated heterocycles. The summed E-state index contributed by atoms with van der Waals surface area (Å²) in [6, 6.07) is 3.59. The van der Waals surface area contributed by atoms with Crippen molar-refractivity contribution in [3.63, 3.8) is 0 Å². The van der Waals surface area contributed by atoms with Crippen LogP contribution >= 0.6 is 0 Å². The van der Waals surface area contributed by atoms with Gasteiger partial charge in [-0.05, 0) is 44.0 Å². The Kier molecular flexibility index (Phi) is 5.71. The van der Waals surface area contributed by atoms with E-state index in [0.717, 1.165) is 38.3 Å². The minimum Gasteiger partial charge on any atom is -0.373 e. The molecular weight excluding hydrogens is 272 g/mol. The van der Waals surface area contributed by atoms with Crippen LogP contribution in [-0.2, 0) is 4.74 Å². The molecule has 0 bridgehead atoms. The lowest BCUT2D eigenvalue weighted by molar-refractivity contribution is -0.0910. The monoisotopic (exact) mass is 297 g/mol. The summed E-state index contributed by atoms with van der Waals surface area (Å²) in [4.78, 5) is 0. The summed E-state index contributed by atoms with van der Waals surface area (Å²) < 4.78 is 33.3. The van der Waals surface area contributed by atoms with Crippen molar-refractivity contribution in [1.82, 2.24) is 5.32 Å². The van der Waals surface area contributed by atoms with Crippen molar-refractivity contribution < 1.29 is 13.5 Å². The van der Waals surface area contributed by atoms with Crippen molar-refractivity contribution in [3.05, 3.63) is 35.4 Å². The van der Waals surface area contributed by atoms with Crippen molar-refractivity contribution in [2.24, 2.45) is 0 Å². The molecule has 0 heterocycles. The van der Waals surface area contributed by atoms with Crippen LogP contribution in [0.2, 0.25) is 0 Å². The van der Waals surface area contributed by atoms with Crippen molar-refractivity contribution in [2.45, 2.75) is 57.6 Å². The van der Waals surface area contributed by atoms with Crippen LogP contribution in [0.15, 0.2) is 18.2 Å². The zero-order chi connectivity index (χ0) is 15.3. The van der Waals surface area contributed by atoms with Gasteiger partial charge in [-0.15, -0.1) is 0 Å². The fourth-order valence-electron chi connectivity index (χ4n) is 3.51. The van der Waals surface area contributed by atoms with Gasteiger partial charge in [0.1, 0.15) is 11.6 Å². The molecule has 0 amide bonds. The first-order chi connectivity index (χ1) is 10.1. The standard InChI is InChI=1S/C17H25F2NO/c1-3-20-16(13-10-14(18)12-15(19)11-13)17(21-4-2)8-6-5-7-9-17/h10-12,16,20H,3-9H2,1-2H3. The summed E-state index contributed by atoms with van der Waals surface area (Å²) in [7, 11) is 0. The van der Waals surface area contributed by atoms with E-state index in [1.165, 1.54) is 18.6 Å². The molecule has 0 radical (unpaired) electrons. The van der Waals surface area contributed by atoms with Crippen molar-refractivity contribution in [3.8, 4) is 0 Å². The van der Waals surface area contributed by atoms with Gasteiger partial charge in [0.15, 0.2) is 0 Å². The highest BCUT2D eigenvalue weighted by Gasteiger charge is 2.41. The van der Waals surface area contributed by atoms with Gasteiger partial charge in [0.25, 0.3) is 0 Å². The second kappa shape index (κ2) is 7.32. The Balaban J connectivity index is 2.38. The largest absolute Gasteiger partial charge is 0.373 e. The average molecular weight is 297 g/mol. The third kappa shape index (κ3) is 3.80. The van der Waals surface area contributed by atoms with Crippen LogP contribution in [0.25, 0.3) is 0 Å². The maximum atomic E-state index is 13.6. The zero-order valence-corrected chi connectivity index (χ0v) is 12.9. The van der Waals surface area contributed by atoms with Gasteiger partial charge in [0, 0.05) is 12.7 Å². The average Bonchev–Trinajstić information content (AvgIpc) is 2.45. The SMILES string of the molecule is CCNC(c1cc(F)cc(F)c1)C1(OCC)CCCCC1. The minimum absolute atomic E-state index is 0.173. The van der Waals surface area contributed by atoms with E-state index in [2.05, 4.69) is 5.32 Å². The number of hydrogen-bond donors (Lipinski definition) is 1. The lowest BCUT2D eigenvalue weighted by Crippen LogP contribution is -2.47. The predicted octanol–water partition coefficient (Wildman–Crippen LogP) is 4.35. The Morgan fingerprint density at radius 2 is 1.71 bits per heavy atom. The molecule has 1 aliphatic rings. The van der Waals surface area contributed by atoms with E-state index >= 15 is 0 Å². The quantitative estimate of drug-likeness (QED) is 0.842. The normalized spacial score (nSPS) is 19.4. The Morgan fingerprint density at radius 3 is 2.24 bits per heavy atom. The molecule has 0 spiro atoms. The number of likely N-dealkylation sites (N-methyl/N-ethyl adjacent to an activating group) is 1. The lowest BCUT2D eigenvalue weighted by atomic mass is 9.76. The summed E-state index contributed by atoms with van der Waals surface area (Å²) in [6.07, 6.45) is 5.25. The molecule has 118 valence electrons. The summed E-state index contributed by atoms with van der Waals surface area (Å²) >= 11 is 0. The number of rotatable bonds is 6. The summed E-state index contributed by atoms with van der Waals surface area (Å²) in [5.74, 6) is -1.06. The Hall–Kier alpha value is -1.00. The molecule has 21 heavy (non-hydrogen) atoms. The van der Waals surface area contributed by atoms with Crippen LogP contribution in [0.1, 0.15) is 57.6 Å². The first kappa shape index (κ1) is 16.4. The minimum atomic E-state index is -0.532. The molecule has 1 aromatic rings. The number of halogens is 2. The first-order valence-corrected chi connectivity index (χ1v) is 7.94. The van der Waals surface area contributed by atoms with E-state index in [-0.39, 0.29) is 11.6 Å². The first-order valence-electron chi connectivity index (χ1n) is 7.94. The second-order valence-corrected chi connectivity index (χ2v) is 5.75. The van der Waals surface area contributed by atoms with Gasteiger partial charge < -0.3 is 10.1 Å². The van der Waals surface area contributed by atoms with E-state index in [0.29, 0.717) is 12.2 Å². The Bertz CT molecular complexity index is 432. The van der Waals surface area contributed by atoms with Gasteiger partial charge in [0.05, 0.1) is 11.6 Å². The van der Waals surface area contributed by atoms with Crippen LogP contribution in [0.5, 0.6) is 0 Å². The maximum absolute atomic E-state index is 13.6. The van der Waals surface area contributed by atoms with Crippen LogP contribution in [0.3, 0.4) is 0 Å². The number of ether oxygens (including phenoxy) is 1. The molecule has 1 aromatic carbocycles. The lowest BCUT2D eigenvalue weighted by Gasteiger charge is -2.44. The highest BCUT2D eigenvalue weighted by Crippen LogP contribution is 2.41. The van der Waals surface area contributed by atoms with E-state index < -0.39 is 11.6 Å². The smallest absolute Gasteiger partial charge is 0.126 e. The van der Waals surface area contributed by atoms with Crippen molar-refractivity contribution >= 4 is 0 Å². The maximum Gasteiger partial charge on any atom is 0.126 e. The van der Waals surface area contributed by atoms with E-state index in [4.69, 9.17) is 4.74 Å². The molecule has 1 atom stereocenters. The summed E-state index contributed by atoms with van der Waals surface area (Å²) in [6.45, 7) is 5.33. The van der Waals surface area contributed by atoms with Gasteiger partial charge in [-0.3, -0.25) is 0 Å². The molecule has 0 aromatic heterocycles. The van der Waals surface area contributed by atoms with Crippen molar-refractivity contribution in [1.29, 1.82) is 0 Å². The Labute approximate surface area is 125 Å². The predicted molar refractivity (Wildman–Crippen MR) is 80.2 cm³/mol. The van der Waals surface area contributed by atoms with Gasteiger partial charge in [-0.25, -0.2) is 8.78 Å². The molecule has 4 heteroatoms. The molecule has 2 nitrogen and oxygen atoms in total. The van der Waals surface area contributed by atoms with Crippen LogP contribution in [0, 0.1) is 11.6 Å². The third-order valence-corrected chi connectivity index (χ3v) is 4.28. The molecular formula is C17H25F2NO. The fourth-order valence-corrected chi connectivity index (χ4v) is 3.51. The van der Waals surface area contributed by atoms with Gasteiger partial charge >= 0.3 is 0 Å². The fraction of sp³-hybridized carbons (Fsp3) is 0.647. The summed E-state index contributed by atoms with van der Waals surface area (Å²) in [5, 5.41) is 3.39. The molecule has 1 N–H and O–H groups in total. The van der Waals surface area contributed by atoms with Gasteiger partial charge in [0.2, 0.25) is 0 Å². The van der Waals surface area contributed by atoms with Crippen LogP contribution < -0.4 is 5.32 Å². The van der Waals surface area contributed by atoms with Crippen LogP contribution in [0.4, 0.5) is 8.78 Å². The number of hydrogen-bond acceptors (Lipinski definition) is 2.